The SMILES string of the molecule is CC1(C)c2ccccc2N(c2ccc(-c3cc(-c4ccccc4)nc(-c4ccc(-c5ccccc5)cc4)n3)cc2)c2ccccc21.CC1(C)c2ccccc2N(c2ccc(-c3cc(-c4ccccc4)nc(-c4ccccc4)n3)cc2)c2ccccc21.CC1(C)c2ccccc2N(c2ccc(-c3cccc(-c4ccccc4)n3)cc2)c2ccccc21. The molecule has 0 N–H and O–H groups in total. The highest BCUT2D eigenvalue weighted by atomic mass is 15.2. The minimum Gasteiger partial charge on any atom is -0.310 e. The van der Waals surface area contributed by atoms with Crippen molar-refractivity contribution in [2.24, 2.45) is 0 Å². The Morgan fingerprint density at radius 3 is 0.633 bits per heavy atom. The van der Waals surface area contributed by atoms with E-state index in [-0.39, 0.29) is 16.2 Å². The largest absolute Gasteiger partial charge is 0.310 e. The van der Waals surface area contributed by atoms with Gasteiger partial charge in [-0.15, -0.1) is 0 Å². The summed E-state index contributed by atoms with van der Waals surface area (Å²) in [6.07, 6.45) is 0. The predicted octanol–water partition coefficient (Wildman–Crippen LogP) is 29.4. The van der Waals surface area contributed by atoms with E-state index in [1.165, 1.54) is 78.6 Å². The molecule has 0 saturated heterocycles. The van der Waals surface area contributed by atoms with Gasteiger partial charge in [0.2, 0.25) is 0 Å². The summed E-state index contributed by atoms with van der Waals surface area (Å²) in [5.74, 6) is 1.43. The maximum Gasteiger partial charge on any atom is 0.160 e. The third kappa shape index (κ3) is 14.4. The van der Waals surface area contributed by atoms with Gasteiger partial charge < -0.3 is 14.7 Å². The van der Waals surface area contributed by atoms with Gasteiger partial charge in [-0.3, -0.25) is 0 Å². The van der Waals surface area contributed by atoms with Gasteiger partial charge in [-0.1, -0.05) is 369 Å². The number of hydrogen-bond acceptors (Lipinski definition) is 8. The zero-order valence-corrected chi connectivity index (χ0v) is 68.0. The van der Waals surface area contributed by atoms with Crippen molar-refractivity contribution in [1.82, 2.24) is 24.9 Å². The van der Waals surface area contributed by atoms with Gasteiger partial charge in [0, 0.05) is 77.8 Å². The summed E-state index contributed by atoms with van der Waals surface area (Å²) in [7, 11) is 0. The van der Waals surface area contributed by atoms with Crippen LogP contribution < -0.4 is 14.7 Å². The number of nitrogens with zero attached hydrogens (tertiary/aromatic N) is 8. The fourth-order valence-electron chi connectivity index (χ4n) is 17.5. The van der Waals surface area contributed by atoms with Gasteiger partial charge in [-0.05, 0) is 142 Å². The monoisotopic (exact) mass is 1540 g/mol. The molecule has 0 radical (unpaired) electrons. The third-order valence-corrected chi connectivity index (χ3v) is 23.9. The summed E-state index contributed by atoms with van der Waals surface area (Å²) < 4.78 is 0. The first-order valence-corrected chi connectivity index (χ1v) is 41.2. The molecule has 0 aliphatic carbocycles. The summed E-state index contributed by atoms with van der Waals surface area (Å²) in [4.78, 5) is 32.2. The fourth-order valence-corrected chi connectivity index (χ4v) is 17.5. The second-order valence-electron chi connectivity index (χ2n) is 32.4. The molecule has 15 aromatic carbocycles. The summed E-state index contributed by atoms with van der Waals surface area (Å²) in [6.45, 7) is 13.9. The average molecular weight is 1550 g/mol. The zero-order valence-electron chi connectivity index (χ0n) is 68.0. The lowest BCUT2D eigenvalue weighted by molar-refractivity contribution is 0.632. The molecule has 3 aliphatic heterocycles. The lowest BCUT2D eigenvalue weighted by Gasteiger charge is -2.42. The third-order valence-electron chi connectivity index (χ3n) is 23.9. The van der Waals surface area contributed by atoms with Crippen LogP contribution in [0.25, 0.3) is 101 Å². The molecule has 6 heterocycles. The molecule has 0 saturated carbocycles. The van der Waals surface area contributed by atoms with E-state index < -0.39 is 0 Å². The van der Waals surface area contributed by atoms with Crippen molar-refractivity contribution in [3.8, 4) is 101 Å². The smallest absolute Gasteiger partial charge is 0.160 e. The fraction of sp³-hybridized carbons (Fsp3) is 0.0804. The topological polar surface area (TPSA) is 74.2 Å². The van der Waals surface area contributed by atoms with Crippen LogP contribution in [0.2, 0.25) is 0 Å². The Labute approximate surface area is 703 Å². The van der Waals surface area contributed by atoms with Crippen LogP contribution in [0, 0.1) is 0 Å². The highest BCUT2D eigenvalue weighted by molar-refractivity contribution is 5.91. The van der Waals surface area contributed by atoms with E-state index in [0.717, 1.165) is 102 Å². The Kier molecular flexibility index (Phi) is 20.0. The highest BCUT2D eigenvalue weighted by Crippen LogP contribution is 2.55. The van der Waals surface area contributed by atoms with Crippen molar-refractivity contribution in [2.75, 3.05) is 14.7 Å². The number of hydrogen-bond donors (Lipinski definition) is 0. The first-order chi connectivity index (χ1) is 58.8. The van der Waals surface area contributed by atoms with Crippen LogP contribution in [0.3, 0.4) is 0 Å². The standard InChI is InChI=1S/C43H33N3.C37H29N3.C32H26N2/c1-43(2)36-17-9-11-19-40(36)46(41-20-12-10-18-37(41)43)35-27-25-33(26-28-35)39-29-38(32-15-7-4-8-16-32)44-42(45-39)34-23-21-31(22-24-34)30-13-5-3-6-14-30;1-37(2)30-17-9-11-19-34(30)40(35-20-12-10-18-31(35)37)29-23-21-27(22-24-29)33-25-32(26-13-5-3-6-14-26)38-36(39-33)28-15-7-4-8-16-28;1-32(2)26-13-6-8-17-30(26)34(31-18-9-7-14-27(31)32)25-21-19-24(20-22-25)29-16-10-15-28(33-29)23-11-4-3-5-12-23/h3-29H,1-2H3;3-25H,1-2H3;3-22H,1-2H3. The van der Waals surface area contributed by atoms with Crippen molar-refractivity contribution >= 4 is 51.2 Å². The second-order valence-corrected chi connectivity index (χ2v) is 32.4. The first kappa shape index (κ1) is 75.1. The number of rotatable bonds is 12. The van der Waals surface area contributed by atoms with Gasteiger partial charge in [0.15, 0.2) is 11.6 Å². The van der Waals surface area contributed by atoms with Crippen LogP contribution in [-0.4, -0.2) is 24.9 Å². The van der Waals surface area contributed by atoms with Crippen molar-refractivity contribution in [2.45, 2.75) is 57.8 Å². The van der Waals surface area contributed by atoms with Crippen LogP contribution in [0.1, 0.15) is 74.9 Å². The second kappa shape index (κ2) is 31.9. The molecule has 0 unspecified atom stereocenters. The number of benzene rings is 15. The summed E-state index contributed by atoms with van der Waals surface area (Å²) >= 11 is 0. The minimum absolute atomic E-state index is 0.0502. The highest BCUT2D eigenvalue weighted by Gasteiger charge is 2.40. The summed E-state index contributed by atoms with van der Waals surface area (Å²) in [5.41, 5.74) is 34.9. The predicted molar refractivity (Wildman–Crippen MR) is 498 cm³/mol. The maximum atomic E-state index is 5.11. The van der Waals surface area contributed by atoms with Gasteiger partial charge in [0.25, 0.3) is 0 Å². The van der Waals surface area contributed by atoms with Crippen molar-refractivity contribution in [3.05, 3.63) is 458 Å². The van der Waals surface area contributed by atoms with Gasteiger partial charge in [0.1, 0.15) is 0 Å². The first-order valence-electron chi connectivity index (χ1n) is 41.2. The molecule has 0 fully saturated rings. The van der Waals surface area contributed by atoms with Gasteiger partial charge in [-0.2, -0.15) is 0 Å². The van der Waals surface area contributed by atoms with Crippen molar-refractivity contribution in [3.63, 3.8) is 0 Å². The number of pyridine rings is 1. The molecule has 576 valence electrons. The molecule has 8 heteroatoms. The number of fused-ring (bicyclic) bond motifs is 6. The molecule has 120 heavy (non-hydrogen) atoms. The van der Waals surface area contributed by atoms with Crippen LogP contribution in [0.5, 0.6) is 0 Å². The van der Waals surface area contributed by atoms with Crippen LogP contribution in [-0.2, 0) is 16.2 Å². The van der Waals surface area contributed by atoms with E-state index >= 15 is 0 Å². The molecule has 0 bridgehead atoms. The van der Waals surface area contributed by atoms with E-state index in [4.69, 9.17) is 24.9 Å². The average Bonchev–Trinajstić information content (AvgIpc) is 0.736. The van der Waals surface area contributed by atoms with Gasteiger partial charge >= 0.3 is 0 Å². The summed E-state index contributed by atoms with van der Waals surface area (Å²) in [5, 5.41) is 0. The summed E-state index contributed by atoms with van der Waals surface area (Å²) in [6, 6.07) is 149. The molecule has 3 aromatic heterocycles. The van der Waals surface area contributed by atoms with Gasteiger partial charge in [0.05, 0.1) is 68.3 Å². The lowest BCUT2D eigenvalue weighted by atomic mass is 9.73. The molecular weight excluding hydrogens is 1460 g/mol. The lowest BCUT2D eigenvalue weighted by Crippen LogP contribution is -2.30. The Hall–Kier alpha value is -15.0. The number of anilines is 9. The Bertz CT molecular complexity index is 6510. The molecule has 0 amide bonds. The van der Waals surface area contributed by atoms with Crippen molar-refractivity contribution < 1.29 is 0 Å². The molecule has 8 nitrogen and oxygen atoms in total. The van der Waals surface area contributed by atoms with Crippen LogP contribution in [0.15, 0.2) is 425 Å². The van der Waals surface area contributed by atoms with Gasteiger partial charge in [-0.25, -0.2) is 24.9 Å². The molecule has 18 aromatic rings. The Balaban J connectivity index is 0.000000120. The van der Waals surface area contributed by atoms with Crippen molar-refractivity contribution in [1.29, 1.82) is 0 Å². The number of aromatic nitrogens is 5. The number of para-hydroxylation sites is 6. The van der Waals surface area contributed by atoms with Crippen LogP contribution in [0.4, 0.5) is 51.2 Å². The molecule has 0 atom stereocenters. The Morgan fingerprint density at radius 2 is 0.350 bits per heavy atom. The molecule has 21 rings (SSSR count). The molecular formula is C112H88N8. The van der Waals surface area contributed by atoms with E-state index in [2.05, 4.69) is 414 Å². The van der Waals surface area contributed by atoms with Crippen LogP contribution >= 0.6 is 0 Å². The zero-order chi connectivity index (χ0) is 81.3. The normalized spacial score (nSPS) is 13.4. The van der Waals surface area contributed by atoms with E-state index in [0.29, 0.717) is 5.82 Å². The molecule has 0 spiro atoms. The quantitative estimate of drug-likeness (QED) is 0.120. The van der Waals surface area contributed by atoms with E-state index in [9.17, 15) is 0 Å². The van der Waals surface area contributed by atoms with E-state index in [1.807, 2.05) is 66.7 Å². The maximum absolute atomic E-state index is 5.11. The van der Waals surface area contributed by atoms with E-state index in [1.54, 1.807) is 0 Å². The minimum atomic E-state index is -0.0892. The molecule has 3 aliphatic rings. The Morgan fingerprint density at radius 1 is 0.158 bits per heavy atom.